The van der Waals surface area contributed by atoms with E-state index in [1.807, 2.05) is 19.9 Å². The number of fused-ring (bicyclic) bond motifs is 1. The van der Waals surface area contributed by atoms with Crippen LogP contribution in [0.1, 0.15) is 39.0 Å². The highest BCUT2D eigenvalue weighted by molar-refractivity contribution is 6.31. The Balaban J connectivity index is 1.83. The Morgan fingerprint density at radius 2 is 1.78 bits per heavy atom. The molecule has 2 aromatic carbocycles. The summed E-state index contributed by atoms with van der Waals surface area (Å²) in [5.41, 5.74) is 2.28. The predicted molar refractivity (Wildman–Crippen MR) is 103 cm³/mol. The van der Waals surface area contributed by atoms with E-state index in [0.29, 0.717) is 10.6 Å². The summed E-state index contributed by atoms with van der Waals surface area (Å²) >= 11 is 5.87. The molecule has 0 unspecified atom stereocenters. The first kappa shape index (κ1) is 18.9. The third-order valence-electron chi connectivity index (χ3n) is 4.33. The highest BCUT2D eigenvalue weighted by Gasteiger charge is 2.23. The molecule has 0 aliphatic heterocycles. The van der Waals surface area contributed by atoms with Gasteiger partial charge in [0.2, 0.25) is 11.5 Å². The van der Waals surface area contributed by atoms with Crippen molar-refractivity contribution in [3.8, 4) is 0 Å². The first-order chi connectivity index (χ1) is 12.8. The molecule has 1 heterocycles. The van der Waals surface area contributed by atoms with E-state index in [-0.39, 0.29) is 22.5 Å². The number of aryl methyl sites for hydroxylation is 2. The number of carbonyl (C=O) groups excluding carboxylic acids is 2. The van der Waals surface area contributed by atoms with Crippen LogP contribution in [0.2, 0.25) is 5.02 Å². The maximum atomic E-state index is 12.5. The zero-order valence-electron chi connectivity index (χ0n) is 15.0. The molecule has 1 aromatic heterocycles. The van der Waals surface area contributed by atoms with Crippen LogP contribution in [0.4, 0.5) is 0 Å². The molecule has 1 atom stereocenters. The van der Waals surface area contributed by atoms with E-state index in [4.69, 9.17) is 20.8 Å². The molecule has 0 amide bonds. The zero-order valence-corrected chi connectivity index (χ0v) is 15.8. The highest BCUT2D eigenvalue weighted by atomic mass is 35.5. The zero-order chi connectivity index (χ0) is 19.7. The van der Waals surface area contributed by atoms with Gasteiger partial charge in [0.05, 0.1) is 5.39 Å². The topological polar surface area (TPSA) is 73.6 Å². The summed E-state index contributed by atoms with van der Waals surface area (Å²) in [6.45, 7) is 5.33. The number of benzene rings is 2. The van der Waals surface area contributed by atoms with Crippen LogP contribution in [-0.4, -0.2) is 17.9 Å². The van der Waals surface area contributed by atoms with Crippen molar-refractivity contribution in [3.05, 3.63) is 80.2 Å². The van der Waals surface area contributed by atoms with Crippen LogP contribution in [0, 0.1) is 13.8 Å². The van der Waals surface area contributed by atoms with Gasteiger partial charge in [-0.2, -0.15) is 0 Å². The fourth-order valence-electron chi connectivity index (χ4n) is 2.63. The SMILES string of the molecule is Cc1ccc(C(=O)[C@H](C)OC(=O)c2cc(=O)c3cc(Cl)ccc3o2)cc1C. The van der Waals surface area contributed by atoms with Crippen molar-refractivity contribution in [1.82, 2.24) is 0 Å². The van der Waals surface area contributed by atoms with E-state index in [9.17, 15) is 14.4 Å². The largest absolute Gasteiger partial charge is 0.449 e. The van der Waals surface area contributed by atoms with Crippen molar-refractivity contribution in [2.75, 3.05) is 0 Å². The summed E-state index contributed by atoms with van der Waals surface area (Å²) in [6.07, 6.45) is -1.02. The molecule has 138 valence electrons. The molecule has 0 aliphatic carbocycles. The molecule has 0 saturated heterocycles. The molecule has 3 rings (SSSR count). The van der Waals surface area contributed by atoms with E-state index in [2.05, 4.69) is 0 Å². The standard InChI is InChI=1S/C21H17ClO5/c1-11-4-5-14(8-12(11)2)20(24)13(3)26-21(25)19-10-17(23)16-9-15(22)6-7-18(16)27-19/h4-10,13H,1-3H3/t13-/m0/s1. The van der Waals surface area contributed by atoms with Crippen molar-refractivity contribution in [3.63, 3.8) is 0 Å². The van der Waals surface area contributed by atoms with Gasteiger partial charge >= 0.3 is 5.97 Å². The lowest BCUT2D eigenvalue weighted by Gasteiger charge is -2.13. The smallest absolute Gasteiger partial charge is 0.375 e. The number of halogens is 1. The minimum absolute atomic E-state index is 0.215. The van der Waals surface area contributed by atoms with Crippen molar-refractivity contribution in [2.45, 2.75) is 26.9 Å². The van der Waals surface area contributed by atoms with Crippen LogP contribution in [0.15, 0.2) is 51.7 Å². The van der Waals surface area contributed by atoms with Crippen LogP contribution in [0.25, 0.3) is 11.0 Å². The van der Waals surface area contributed by atoms with Gasteiger partial charge in [-0.1, -0.05) is 23.7 Å². The van der Waals surface area contributed by atoms with Gasteiger partial charge in [-0.15, -0.1) is 0 Å². The van der Waals surface area contributed by atoms with Gasteiger partial charge in [0, 0.05) is 16.7 Å². The normalized spacial score (nSPS) is 12.0. The molecule has 0 spiro atoms. The van der Waals surface area contributed by atoms with Gasteiger partial charge in [0.1, 0.15) is 5.58 Å². The van der Waals surface area contributed by atoms with Crippen LogP contribution in [0.3, 0.4) is 0 Å². The van der Waals surface area contributed by atoms with Gasteiger partial charge in [0.15, 0.2) is 11.5 Å². The summed E-state index contributed by atoms with van der Waals surface area (Å²) in [5, 5.41) is 0.649. The summed E-state index contributed by atoms with van der Waals surface area (Å²) in [4.78, 5) is 37.0. The fraction of sp³-hybridized carbons (Fsp3) is 0.190. The number of rotatable bonds is 4. The molecule has 3 aromatic rings. The van der Waals surface area contributed by atoms with Gasteiger partial charge in [-0.3, -0.25) is 9.59 Å². The monoisotopic (exact) mass is 384 g/mol. The average Bonchev–Trinajstić information content (AvgIpc) is 2.63. The Hall–Kier alpha value is -2.92. The van der Waals surface area contributed by atoms with Crippen molar-refractivity contribution in [2.24, 2.45) is 0 Å². The van der Waals surface area contributed by atoms with Crippen LogP contribution in [-0.2, 0) is 4.74 Å². The fourth-order valence-corrected chi connectivity index (χ4v) is 2.80. The van der Waals surface area contributed by atoms with Gasteiger partial charge in [0.25, 0.3) is 0 Å². The number of esters is 1. The van der Waals surface area contributed by atoms with E-state index >= 15 is 0 Å². The lowest BCUT2D eigenvalue weighted by Crippen LogP contribution is -2.25. The summed E-state index contributed by atoms with van der Waals surface area (Å²) < 4.78 is 10.6. The summed E-state index contributed by atoms with van der Waals surface area (Å²) in [5.74, 6) is -1.48. The van der Waals surface area contributed by atoms with E-state index in [0.717, 1.165) is 17.2 Å². The molecular weight excluding hydrogens is 368 g/mol. The van der Waals surface area contributed by atoms with Gasteiger partial charge in [-0.05, 0) is 56.2 Å². The third kappa shape index (κ3) is 3.93. The highest BCUT2D eigenvalue weighted by Crippen LogP contribution is 2.19. The summed E-state index contributed by atoms with van der Waals surface area (Å²) in [6, 6.07) is 10.8. The van der Waals surface area contributed by atoms with Crippen LogP contribution >= 0.6 is 11.6 Å². The first-order valence-electron chi connectivity index (χ1n) is 8.32. The van der Waals surface area contributed by atoms with Crippen LogP contribution < -0.4 is 5.43 Å². The van der Waals surface area contributed by atoms with Gasteiger partial charge in [-0.25, -0.2) is 4.79 Å². The van der Waals surface area contributed by atoms with Crippen molar-refractivity contribution < 1.29 is 18.7 Å². The molecule has 0 bridgehead atoms. The number of Topliss-reactive ketones (excluding diaryl/α,β-unsaturated/α-hetero) is 1. The second-order valence-electron chi connectivity index (χ2n) is 6.33. The molecule has 0 radical (unpaired) electrons. The second-order valence-corrected chi connectivity index (χ2v) is 6.76. The first-order valence-corrected chi connectivity index (χ1v) is 8.70. The van der Waals surface area contributed by atoms with E-state index < -0.39 is 17.5 Å². The number of ketones is 1. The quantitative estimate of drug-likeness (QED) is 0.489. The maximum Gasteiger partial charge on any atom is 0.375 e. The molecule has 0 saturated carbocycles. The number of hydrogen-bond donors (Lipinski definition) is 0. The minimum Gasteiger partial charge on any atom is -0.449 e. The van der Waals surface area contributed by atoms with Crippen LogP contribution in [0.5, 0.6) is 0 Å². The van der Waals surface area contributed by atoms with E-state index in [1.54, 1.807) is 18.2 Å². The van der Waals surface area contributed by atoms with Crippen molar-refractivity contribution >= 4 is 34.3 Å². The number of carbonyl (C=O) groups is 2. The Morgan fingerprint density at radius 1 is 1.04 bits per heavy atom. The number of ether oxygens (including phenoxy) is 1. The molecule has 0 aliphatic rings. The van der Waals surface area contributed by atoms with E-state index in [1.165, 1.54) is 19.1 Å². The van der Waals surface area contributed by atoms with Crippen molar-refractivity contribution in [1.29, 1.82) is 0 Å². The minimum atomic E-state index is -1.02. The third-order valence-corrected chi connectivity index (χ3v) is 4.57. The lowest BCUT2D eigenvalue weighted by molar-refractivity contribution is 0.0289. The summed E-state index contributed by atoms with van der Waals surface area (Å²) in [7, 11) is 0. The molecule has 5 nitrogen and oxygen atoms in total. The molecule has 27 heavy (non-hydrogen) atoms. The maximum absolute atomic E-state index is 12.5. The predicted octanol–water partition coefficient (Wildman–Crippen LogP) is 4.49. The Kier molecular flexibility index (Phi) is 5.15. The Bertz CT molecular complexity index is 1110. The molecule has 6 heteroatoms. The molecular formula is C21H17ClO5. The second kappa shape index (κ2) is 7.37. The van der Waals surface area contributed by atoms with Gasteiger partial charge < -0.3 is 9.15 Å². The molecule has 0 N–H and O–H groups in total. The Morgan fingerprint density at radius 3 is 2.48 bits per heavy atom. The Labute approximate surface area is 160 Å². The molecule has 0 fully saturated rings. The number of hydrogen-bond acceptors (Lipinski definition) is 5. The average molecular weight is 385 g/mol. The lowest BCUT2D eigenvalue weighted by atomic mass is 10.0.